The molecule has 0 atom stereocenters. The number of aryl methyl sites for hydroxylation is 1. The summed E-state index contributed by atoms with van der Waals surface area (Å²) >= 11 is 3.40. The van der Waals surface area contributed by atoms with Gasteiger partial charge in [0.15, 0.2) is 0 Å². The summed E-state index contributed by atoms with van der Waals surface area (Å²) in [7, 11) is -3.48. The number of hydrogen-bond donors (Lipinski definition) is 0. The van der Waals surface area contributed by atoms with Crippen LogP contribution in [0.3, 0.4) is 0 Å². The van der Waals surface area contributed by atoms with E-state index in [1.807, 2.05) is 32.9 Å². The van der Waals surface area contributed by atoms with E-state index in [4.69, 9.17) is 0 Å². The Morgan fingerprint density at radius 3 is 2.19 bits per heavy atom. The maximum absolute atomic E-state index is 13.1. The van der Waals surface area contributed by atoms with E-state index in [-0.39, 0.29) is 6.04 Å². The molecule has 0 radical (unpaired) electrons. The standard InChI is InChI=1S/C16H26BrNO2S/c1-6-14(7-2)18(11-12(3)4)21(19,20)16-9-8-13(5)10-15(16)17/h8-10,12,14H,6-7,11H2,1-5H3. The largest absolute Gasteiger partial charge is 0.244 e. The molecule has 0 saturated carbocycles. The molecule has 0 fully saturated rings. The van der Waals surface area contributed by atoms with Gasteiger partial charge in [0.1, 0.15) is 0 Å². The normalized spacial score (nSPS) is 12.6. The van der Waals surface area contributed by atoms with E-state index in [0.717, 1.165) is 18.4 Å². The van der Waals surface area contributed by atoms with Gasteiger partial charge in [0.25, 0.3) is 0 Å². The van der Waals surface area contributed by atoms with Gasteiger partial charge in [-0.3, -0.25) is 0 Å². The van der Waals surface area contributed by atoms with Crippen molar-refractivity contribution in [1.82, 2.24) is 4.31 Å². The first-order valence-electron chi connectivity index (χ1n) is 7.52. The van der Waals surface area contributed by atoms with Gasteiger partial charge in [-0.2, -0.15) is 4.31 Å². The second-order valence-corrected chi connectivity index (χ2v) is 8.59. The molecular formula is C16H26BrNO2S. The van der Waals surface area contributed by atoms with Crippen molar-refractivity contribution < 1.29 is 8.42 Å². The van der Waals surface area contributed by atoms with Crippen molar-refractivity contribution in [2.45, 2.75) is 58.4 Å². The highest BCUT2D eigenvalue weighted by Crippen LogP contribution is 2.29. The molecule has 0 aliphatic rings. The molecule has 0 aliphatic carbocycles. The lowest BCUT2D eigenvalue weighted by Crippen LogP contribution is -2.42. The van der Waals surface area contributed by atoms with Crippen LogP contribution in [0.25, 0.3) is 0 Å². The summed E-state index contributed by atoms with van der Waals surface area (Å²) in [6, 6.07) is 5.45. The van der Waals surface area contributed by atoms with Gasteiger partial charge in [-0.15, -0.1) is 0 Å². The number of nitrogens with zero attached hydrogens (tertiary/aromatic N) is 1. The highest BCUT2D eigenvalue weighted by molar-refractivity contribution is 9.10. The molecule has 1 aromatic rings. The van der Waals surface area contributed by atoms with Crippen molar-refractivity contribution >= 4 is 26.0 Å². The Hall–Kier alpha value is -0.390. The SMILES string of the molecule is CCC(CC)N(CC(C)C)S(=O)(=O)c1ccc(C)cc1Br. The highest BCUT2D eigenvalue weighted by Gasteiger charge is 2.31. The number of halogens is 1. The number of sulfonamides is 1. The fraction of sp³-hybridized carbons (Fsp3) is 0.625. The number of hydrogen-bond acceptors (Lipinski definition) is 2. The van der Waals surface area contributed by atoms with Gasteiger partial charge in [0, 0.05) is 17.1 Å². The fourth-order valence-electron chi connectivity index (χ4n) is 2.44. The Bertz CT molecular complexity index is 566. The first-order chi connectivity index (χ1) is 9.73. The lowest BCUT2D eigenvalue weighted by Gasteiger charge is -2.31. The third kappa shape index (κ3) is 4.54. The third-order valence-corrected chi connectivity index (χ3v) is 6.46. The zero-order chi connectivity index (χ0) is 16.2. The van der Waals surface area contributed by atoms with Crippen LogP contribution >= 0.6 is 15.9 Å². The van der Waals surface area contributed by atoms with Crippen LogP contribution in [0.5, 0.6) is 0 Å². The van der Waals surface area contributed by atoms with E-state index in [1.54, 1.807) is 10.4 Å². The minimum atomic E-state index is -3.48. The molecule has 0 bridgehead atoms. The molecule has 0 heterocycles. The van der Waals surface area contributed by atoms with Gasteiger partial charge in [-0.1, -0.05) is 33.8 Å². The number of rotatable bonds is 7. The van der Waals surface area contributed by atoms with Crippen molar-refractivity contribution in [3.63, 3.8) is 0 Å². The lowest BCUT2D eigenvalue weighted by molar-refractivity contribution is 0.277. The summed E-state index contributed by atoms with van der Waals surface area (Å²) in [5, 5.41) is 0. The van der Waals surface area contributed by atoms with Crippen molar-refractivity contribution in [2.75, 3.05) is 6.54 Å². The summed E-state index contributed by atoms with van der Waals surface area (Å²) in [5.41, 5.74) is 1.04. The fourth-order valence-corrected chi connectivity index (χ4v) is 5.53. The smallest absolute Gasteiger partial charge is 0.207 e. The molecule has 0 spiro atoms. The molecule has 3 nitrogen and oxygen atoms in total. The van der Waals surface area contributed by atoms with Crippen LogP contribution < -0.4 is 0 Å². The molecule has 120 valence electrons. The summed E-state index contributed by atoms with van der Waals surface area (Å²) in [6.07, 6.45) is 1.65. The molecule has 0 amide bonds. The summed E-state index contributed by atoms with van der Waals surface area (Å²) < 4.78 is 28.4. The van der Waals surface area contributed by atoms with Crippen LogP contribution in [-0.4, -0.2) is 25.3 Å². The van der Waals surface area contributed by atoms with Crippen LogP contribution in [-0.2, 0) is 10.0 Å². The van der Waals surface area contributed by atoms with Gasteiger partial charge < -0.3 is 0 Å². The van der Waals surface area contributed by atoms with E-state index >= 15 is 0 Å². The monoisotopic (exact) mass is 375 g/mol. The van der Waals surface area contributed by atoms with E-state index in [2.05, 4.69) is 29.8 Å². The molecule has 0 aliphatic heterocycles. The first kappa shape index (κ1) is 18.7. The van der Waals surface area contributed by atoms with Crippen molar-refractivity contribution in [2.24, 2.45) is 5.92 Å². The van der Waals surface area contributed by atoms with E-state index < -0.39 is 10.0 Å². The molecule has 0 saturated heterocycles. The molecule has 0 N–H and O–H groups in total. The minimum Gasteiger partial charge on any atom is -0.207 e. The molecule has 1 aromatic carbocycles. The summed E-state index contributed by atoms with van der Waals surface area (Å²) in [6.45, 7) is 10.7. The van der Waals surface area contributed by atoms with Gasteiger partial charge in [0.05, 0.1) is 4.90 Å². The predicted octanol–water partition coefficient (Wildman–Crippen LogP) is 4.59. The average molecular weight is 376 g/mol. The van der Waals surface area contributed by atoms with Gasteiger partial charge in [-0.05, 0) is 59.3 Å². The van der Waals surface area contributed by atoms with E-state index in [1.165, 1.54) is 0 Å². The zero-order valence-corrected chi connectivity index (χ0v) is 16.0. The maximum atomic E-state index is 13.1. The van der Waals surface area contributed by atoms with Crippen LogP contribution in [0, 0.1) is 12.8 Å². The highest BCUT2D eigenvalue weighted by atomic mass is 79.9. The Kier molecular flexibility index (Phi) is 6.88. The van der Waals surface area contributed by atoms with Crippen LogP contribution in [0.1, 0.15) is 46.1 Å². The Morgan fingerprint density at radius 1 is 1.19 bits per heavy atom. The van der Waals surface area contributed by atoms with Crippen LogP contribution in [0.15, 0.2) is 27.6 Å². The summed E-state index contributed by atoms with van der Waals surface area (Å²) in [5.74, 6) is 0.296. The molecule has 0 aromatic heterocycles. The molecule has 21 heavy (non-hydrogen) atoms. The Labute approximate surface area is 137 Å². The zero-order valence-electron chi connectivity index (χ0n) is 13.6. The molecule has 1 rings (SSSR count). The number of benzene rings is 1. The summed E-state index contributed by atoms with van der Waals surface area (Å²) in [4.78, 5) is 0.362. The molecule has 5 heteroatoms. The quantitative estimate of drug-likeness (QED) is 0.698. The second-order valence-electron chi connectivity index (χ2n) is 5.87. The van der Waals surface area contributed by atoms with Crippen molar-refractivity contribution in [3.8, 4) is 0 Å². The van der Waals surface area contributed by atoms with Gasteiger partial charge in [0.2, 0.25) is 10.0 Å². The van der Waals surface area contributed by atoms with Gasteiger partial charge in [-0.25, -0.2) is 8.42 Å². The van der Waals surface area contributed by atoms with Crippen LogP contribution in [0.4, 0.5) is 0 Å². The van der Waals surface area contributed by atoms with Gasteiger partial charge >= 0.3 is 0 Å². The Morgan fingerprint density at radius 2 is 1.76 bits per heavy atom. The molecule has 0 unspecified atom stereocenters. The maximum Gasteiger partial charge on any atom is 0.244 e. The lowest BCUT2D eigenvalue weighted by atomic mass is 10.1. The second kappa shape index (κ2) is 7.75. The average Bonchev–Trinajstić information content (AvgIpc) is 2.38. The van der Waals surface area contributed by atoms with Crippen LogP contribution in [0.2, 0.25) is 0 Å². The molecular weight excluding hydrogens is 350 g/mol. The Balaban J connectivity index is 3.32. The minimum absolute atomic E-state index is 0.0469. The topological polar surface area (TPSA) is 37.4 Å². The third-order valence-electron chi connectivity index (χ3n) is 3.57. The van der Waals surface area contributed by atoms with E-state index in [0.29, 0.717) is 21.8 Å². The van der Waals surface area contributed by atoms with Crippen molar-refractivity contribution in [1.29, 1.82) is 0 Å². The van der Waals surface area contributed by atoms with E-state index in [9.17, 15) is 8.42 Å². The first-order valence-corrected chi connectivity index (χ1v) is 9.75. The van der Waals surface area contributed by atoms with Crippen molar-refractivity contribution in [3.05, 3.63) is 28.2 Å². The predicted molar refractivity (Wildman–Crippen MR) is 92.0 cm³/mol.